The number of aryl methyl sites for hydroxylation is 1. The average molecular weight is 306 g/mol. The molecule has 4 nitrogen and oxygen atoms in total. The molecule has 1 aliphatic heterocycles. The minimum absolute atomic E-state index is 0.334. The fourth-order valence-electron chi connectivity index (χ4n) is 2.33. The summed E-state index contributed by atoms with van der Waals surface area (Å²) in [6.07, 6.45) is 0.871. The summed E-state index contributed by atoms with van der Waals surface area (Å²) in [5.74, 6) is 0.839. The molecule has 122 valence electrons. The molecule has 1 saturated heterocycles. The van der Waals surface area contributed by atoms with Crippen LogP contribution < -0.4 is 10.2 Å². The third kappa shape index (κ3) is 3.65. The maximum atomic E-state index is 6.13. The van der Waals surface area contributed by atoms with Crippen molar-refractivity contribution in [1.29, 1.82) is 0 Å². The van der Waals surface area contributed by atoms with Gasteiger partial charge in [0.15, 0.2) is 0 Å². The van der Waals surface area contributed by atoms with E-state index in [1.165, 1.54) is 0 Å². The molecule has 0 N–H and O–H groups in total. The van der Waals surface area contributed by atoms with Crippen LogP contribution in [0.3, 0.4) is 0 Å². The quantitative estimate of drug-likeness (QED) is 0.598. The van der Waals surface area contributed by atoms with Crippen LogP contribution in [0.5, 0.6) is 5.75 Å². The van der Waals surface area contributed by atoms with Crippen LogP contribution in [0.15, 0.2) is 18.2 Å². The summed E-state index contributed by atoms with van der Waals surface area (Å²) in [7, 11) is 1.34. The van der Waals surface area contributed by atoms with E-state index in [0.717, 1.165) is 23.2 Å². The highest BCUT2D eigenvalue weighted by atomic mass is 16.7. The zero-order valence-corrected chi connectivity index (χ0v) is 14.6. The van der Waals surface area contributed by atoms with Crippen LogP contribution in [0.2, 0.25) is 0 Å². The van der Waals surface area contributed by atoms with Crippen molar-refractivity contribution in [2.75, 3.05) is 20.3 Å². The maximum Gasteiger partial charge on any atom is 0.495 e. The number of ether oxygens (including phenoxy) is 2. The zero-order chi connectivity index (χ0) is 16.4. The second kappa shape index (κ2) is 6.61. The van der Waals surface area contributed by atoms with E-state index in [0.29, 0.717) is 13.2 Å². The van der Waals surface area contributed by atoms with Crippen LogP contribution in [0, 0.1) is 6.92 Å². The molecule has 0 bridgehead atoms. The first-order chi connectivity index (χ1) is 10.3. The van der Waals surface area contributed by atoms with Crippen molar-refractivity contribution < 1.29 is 18.8 Å². The van der Waals surface area contributed by atoms with Crippen molar-refractivity contribution in [3.05, 3.63) is 23.8 Å². The normalized spacial score (nSPS) is 19.5. The molecule has 0 atom stereocenters. The predicted molar refractivity (Wildman–Crippen MR) is 88.9 cm³/mol. The third-order valence-electron chi connectivity index (χ3n) is 4.52. The number of hydrogen-bond donors (Lipinski definition) is 0. The van der Waals surface area contributed by atoms with Crippen LogP contribution in [0.4, 0.5) is 0 Å². The first-order valence-electron chi connectivity index (χ1n) is 7.85. The van der Waals surface area contributed by atoms with Gasteiger partial charge in [-0.2, -0.15) is 0 Å². The molecule has 1 fully saturated rings. The molecule has 0 saturated carbocycles. The Morgan fingerprint density at radius 1 is 1.05 bits per heavy atom. The molecule has 1 aliphatic rings. The fraction of sp³-hybridized carbons (Fsp3) is 0.647. The third-order valence-corrected chi connectivity index (χ3v) is 4.52. The summed E-state index contributed by atoms with van der Waals surface area (Å²) in [5, 5.41) is 0. The molecule has 1 aromatic rings. The topological polar surface area (TPSA) is 36.9 Å². The van der Waals surface area contributed by atoms with E-state index in [4.69, 9.17) is 18.8 Å². The standard InChI is InChI=1S/C17H27BO4/c1-13-8-9-14(20-11-7-10-19-6)12-15(13)18-21-16(2,3)17(4,5)22-18/h8-9,12H,7,10-11H2,1-6H3. The molecule has 0 amide bonds. The molecular weight excluding hydrogens is 279 g/mol. The second-order valence-electron chi connectivity index (χ2n) is 6.80. The SMILES string of the molecule is COCCCOc1ccc(C)c(B2OC(C)(C)C(C)(C)O2)c1. The van der Waals surface area contributed by atoms with Gasteiger partial charge >= 0.3 is 7.12 Å². The zero-order valence-electron chi connectivity index (χ0n) is 14.6. The van der Waals surface area contributed by atoms with Gasteiger partial charge in [0.2, 0.25) is 0 Å². The van der Waals surface area contributed by atoms with Gasteiger partial charge in [-0.05, 0) is 52.2 Å². The lowest BCUT2D eigenvalue weighted by Gasteiger charge is -2.32. The summed E-state index contributed by atoms with van der Waals surface area (Å²) in [5.41, 5.74) is 1.50. The number of methoxy groups -OCH3 is 1. The molecule has 0 aliphatic carbocycles. The van der Waals surface area contributed by atoms with Crippen molar-refractivity contribution in [2.45, 2.75) is 52.2 Å². The molecule has 5 heteroatoms. The van der Waals surface area contributed by atoms with E-state index < -0.39 is 0 Å². The van der Waals surface area contributed by atoms with E-state index in [-0.39, 0.29) is 18.3 Å². The van der Waals surface area contributed by atoms with Gasteiger partial charge < -0.3 is 18.8 Å². The van der Waals surface area contributed by atoms with Gasteiger partial charge in [0, 0.05) is 20.1 Å². The Hall–Kier alpha value is -1.04. The van der Waals surface area contributed by atoms with Gasteiger partial charge in [-0.15, -0.1) is 0 Å². The number of rotatable bonds is 6. The van der Waals surface area contributed by atoms with Crippen molar-refractivity contribution in [3.8, 4) is 5.75 Å². The minimum atomic E-state index is -0.354. The first kappa shape index (κ1) is 17.3. The van der Waals surface area contributed by atoms with Crippen LogP contribution in [0.1, 0.15) is 39.7 Å². The van der Waals surface area contributed by atoms with E-state index >= 15 is 0 Å². The Labute approximate surface area is 134 Å². The van der Waals surface area contributed by atoms with Crippen LogP contribution in [-0.4, -0.2) is 38.6 Å². The highest BCUT2D eigenvalue weighted by Crippen LogP contribution is 2.36. The Balaban J connectivity index is 2.11. The predicted octanol–water partition coefficient (Wildman–Crippen LogP) is 2.71. The van der Waals surface area contributed by atoms with Crippen molar-refractivity contribution in [3.63, 3.8) is 0 Å². The highest BCUT2D eigenvalue weighted by molar-refractivity contribution is 6.62. The summed E-state index contributed by atoms with van der Waals surface area (Å²) < 4.78 is 23.1. The Bertz CT molecular complexity index is 497. The van der Waals surface area contributed by atoms with Gasteiger partial charge in [-0.25, -0.2) is 0 Å². The highest BCUT2D eigenvalue weighted by Gasteiger charge is 2.52. The van der Waals surface area contributed by atoms with E-state index in [9.17, 15) is 0 Å². The van der Waals surface area contributed by atoms with Gasteiger partial charge in [0.1, 0.15) is 5.75 Å². The summed E-state index contributed by atoms with van der Waals surface area (Å²) in [4.78, 5) is 0. The Morgan fingerprint density at radius 2 is 1.68 bits per heavy atom. The molecule has 0 radical (unpaired) electrons. The first-order valence-corrected chi connectivity index (χ1v) is 7.85. The minimum Gasteiger partial charge on any atom is -0.494 e. The average Bonchev–Trinajstić information content (AvgIpc) is 2.65. The number of hydrogen-bond acceptors (Lipinski definition) is 4. The lowest BCUT2D eigenvalue weighted by atomic mass is 9.76. The van der Waals surface area contributed by atoms with Gasteiger partial charge in [-0.3, -0.25) is 0 Å². The van der Waals surface area contributed by atoms with Crippen LogP contribution >= 0.6 is 0 Å². The van der Waals surface area contributed by atoms with Gasteiger partial charge in [-0.1, -0.05) is 11.6 Å². The van der Waals surface area contributed by atoms with Gasteiger partial charge in [0.25, 0.3) is 0 Å². The Kier molecular flexibility index (Phi) is 5.20. The maximum absolute atomic E-state index is 6.13. The van der Waals surface area contributed by atoms with Crippen molar-refractivity contribution in [2.24, 2.45) is 0 Å². The lowest BCUT2D eigenvalue weighted by Crippen LogP contribution is -2.41. The fourth-order valence-corrected chi connectivity index (χ4v) is 2.33. The molecule has 2 rings (SSSR count). The van der Waals surface area contributed by atoms with Crippen molar-refractivity contribution in [1.82, 2.24) is 0 Å². The summed E-state index contributed by atoms with van der Waals surface area (Å²) in [6.45, 7) is 11.7. The molecule has 0 unspecified atom stereocenters. The molecule has 1 heterocycles. The molecule has 1 aromatic carbocycles. The molecule has 22 heavy (non-hydrogen) atoms. The molecule has 0 spiro atoms. The Morgan fingerprint density at radius 3 is 2.27 bits per heavy atom. The van der Waals surface area contributed by atoms with E-state index in [1.54, 1.807) is 7.11 Å². The smallest absolute Gasteiger partial charge is 0.494 e. The summed E-state index contributed by atoms with van der Waals surface area (Å²) >= 11 is 0. The lowest BCUT2D eigenvalue weighted by molar-refractivity contribution is 0.00578. The summed E-state index contributed by atoms with van der Waals surface area (Å²) in [6, 6.07) is 6.05. The van der Waals surface area contributed by atoms with Gasteiger partial charge in [0.05, 0.1) is 17.8 Å². The van der Waals surface area contributed by atoms with E-state index in [1.807, 2.05) is 18.2 Å². The monoisotopic (exact) mass is 306 g/mol. The second-order valence-corrected chi connectivity index (χ2v) is 6.80. The molecular formula is C17H27BO4. The van der Waals surface area contributed by atoms with Crippen LogP contribution in [0.25, 0.3) is 0 Å². The van der Waals surface area contributed by atoms with Crippen molar-refractivity contribution >= 4 is 12.6 Å². The van der Waals surface area contributed by atoms with E-state index in [2.05, 4.69) is 34.6 Å². The largest absolute Gasteiger partial charge is 0.495 e. The van der Waals surface area contributed by atoms with Crippen LogP contribution in [-0.2, 0) is 14.0 Å². The number of benzene rings is 1. The molecule has 0 aromatic heterocycles.